The van der Waals surface area contributed by atoms with Gasteiger partial charge in [-0.1, -0.05) is 6.92 Å². The lowest BCUT2D eigenvalue weighted by Gasteiger charge is -2.33. The fourth-order valence-corrected chi connectivity index (χ4v) is 2.18. The fraction of sp³-hybridized carbons (Fsp3) is 0.538. The number of hydrogen-bond donors (Lipinski definition) is 2. The topological polar surface area (TPSA) is 99.1 Å². The number of carbonyl (C=O) groups is 3. The lowest BCUT2D eigenvalue weighted by Crippen LogP contribution is -2.52. The first-order chi connectivity index (χ1) is 9.40. The van der Waals surface area contributed by atoms with E-state index in [-0.39, 0.29) is 25.2 Å². The molecule has 0 aromatic rings. The van der Waals surface area contributed by atoms with Crippen molar-refractivity contribution in [2.75, 3.05) is 7.05 Å². The highest BCUT2D eigenvalue weighted by Crippen LogP contribution is 2.23. The summed E-state index contributed by atoms with van der Waals surface area (Å²) >= 11 is 0. The monoisotopic (exact) mass is 281 g/mol. The molecule has 0 aromatic carbocycles. The Bertz CT molecular complexity index is 441. The molecule has 20 heavy (non-hydrogen) atoms. The number of carbonyl (C=O) groups excluding carboxylic acids is 2. The number of rotatable bonds is 6. The van der Waals surface area contributed by atoms with E-state index in [0.717, 1.165) is 4.90 Å². The average Bonchev–Trinajstić information content (AvgIpc) is 2.35. The van der Waals surface area contributed by atoms with Crippen LogP contribution in [0.15, 0.2) is 16.9 Å². The molecule has 0 saturated carbocycles. The number of carboxylic acids is 1. The molecule has 110 valence electrons. The second-order valence-corrected chi connectivity index (χ2v) is 4.82. The van der Waals surface area contributed by atoms with Crippen molar-refractivity contribution in [3.63, 3.8) is 0 Å². The first-order valence-corrected chi connectivity index (χ1v) is 6.31. The zero-order valence-electron chi connectivity index (χ0n) is 11.6. The maximum atomic E-state index is 12.0. The molecule has 1 fully saturated rings. The summed E-state index contributed by atoms with van der Waals surface area (Å²) < 4.78 is 0. The van der Waals surface area contributed by atoms with Crippen LogP contribution in [0.25, 0.3) is 0 Å². The summed E-state index contributed by atoms with van der Waals surface area (Å²) in [5, 5.41) is 12.1. The number of piperidine rings is 1. The molecule has 0 spiro atoms. The maximum Gasteiger partial charge on any atom is 0.327 e. The standard InChI is InChI=1S/C13H19N3O4/c1-8-4-11(17)16(12(18)5-8)10(13(19)20)6-9(15-3)7-14-2/h7-8,10,15H,2,4-6H2,1,3H3,(H,19,20)/b9-7-. The molecule has 0 aliphatic carbocycles. The highest BCUT2D eigenvalue weighted by Gasteiger charge is 2.39. The molecule has 1 heterocycles. The number of likely N-dealkylation sites (tertiary alicyclic amines) is 1. The van der Waals surface area contributed by atoms with Gasteiger partial charge < -0.3 is 10.4 Å². The average molecular weight is 281 g/mol. The fourth-order valence-electron chi connectivity index (χ4n) is 2.18. The number of imide groups is 1. The molecular weight excluding hydrogens is 262 g/mol. The van der Waals surface area contributed by atoms with Crippen LogP contribution in [0.3, 0.4) is 0 Å². The first-order valence-electron chi connectivity index (χ1n) is 6.31. The molecule has 0 bridgehead atoms. The molecule has 1 aliphatic heterocycles. The molecule has 0 aromatic heterocycles. The van der Waals surface area contributed by atoms with Gasteiger partial charge in [0, 0.05) is 38.2 Å². The van der Waals surface area contributed by atoms with Crippen molar-refractivity contribution in [2.24, 2.45) is 10.9 Å². The van der Waals surface area contributed by atoms with Crippen molar-refractivity contribution in [1.29, 1.82) is 0 Å². The van der Waals surface area contributed by atoms with Crippen LogP contribution >= 0.6 is 0 Å². The number of amides is 2. The van der Waals surface area contributed by atoms with Crippen molar-refractivity contribution in [2.45, 2.75) is 32.2 Å². The summed E-state index contributed by atoms with van der Waals surface area (Å²) in [6, 6.07) is -1.22. The normalized spacial score (nSPS) is 18.9. The number of aliphatic imine (C=N–C) groups is 1. The number of carboxylic acid groups (broad SMARTS) is 1. The maximum absolute atomic E-state index is 12.0. The molecule has 2 amide bonds. The molecule has 0 radical (unpaired) electrons. The quantitative estimate of drug-likeness (QED) is 0.541. The number of nitrogens with zero attached hydrogens (tertiary/aromatic N) is 2. The Balaban J connectivity index is 2.98. The van der Waals surface area contributed by atoms with Crippen molar-refractivity contribution < 1.29 is 19.5 Å². The number of hydrogen-bond acceptors (Lipinski definition) is 5. The van der Waals surface area contributed by atoms with Gasteiger partial charge in [0.05, 0.1) is 0 Å². The minimum absolute atomic E-state index is 0.0171. The van der Waals surface area contributed by atoms with Gasteiger partial charge in [-0.15, -0.1) is 0 Å². The molecule has 1 unspecified atom stereocenters. The Kier molecular flexibility index (Phi) is 5.42. The van der Waals surface area contributed by atoms with Crippen molar-refractivity contribution >= 4 is 24.5 Å². The van der Waals surface area contributed by atoms with Crippen LogP contribution in [-0.4, -0.2) is 47.6 Å². The third-order valence-electron chi connectivity index (χ3n) is 3.16. The SMILES string of the molecule is C=N/C=C(/CC(C(=O)O)N1C(=O)CC(C)CC1=O)NC. The molecule has 7 heteroatoms. The zero-order valence-corrected chi connectivity index (χ0v) is 11.6. The summed E-state index contributed by atoms with van der Waals surface area (Å²) in [6.45, 7) is 5.09. The van der Waals surface area contributed by atoms with Gasteiger partial charge in [0.2, 0.25) is 11.8 Å². The van der Waals surface area contributed by atoms with E-state index in [9.17, 15) is 19.5 Å². The number of aliphatic carboxylic acids is 1. The van der Waals surface area contributed by atoms with E-state index in [0.29, 0.717) is 5.70 Å². The molecular formula is C13H19N3O4. The zero-order chi connectivity index (χ0) is 15.3. The summed E-state index contributed by atoms with van der Waals surface area (Å²) in [6.07, 6.45) is 1.73. The van der Waals surface area contributed by atoms with E-state index in [4.69, 9.17) is 0 Å². The summed E-state index contributed by atoms with van der Waals surface area (Å²) in [4.78, 5) is 39.7. The third-order valence-corrected chi connectivity index (χ3v) is 3.16. The minimum Gasteiger partial charge on any atom is -0.480 e. The van der Waals surface area contributed by atoms with Crippen LogP contribution in [0.2, 0.25) is 0 Å². The predicted molar refractivity (Wildman–Crippen MR) is 73.0 cm³/mol. The third kappa shape index (κ3) is 3.66. The van der Waals surface area contributed by atoms with Crippen LogP contribution in [0.5, 0.6) is 0 Å². The Hall–Kier alpha value is -2.18. The van der Waals surface area contributed by atoms with Crippen LogP contribution in [0, 0.1) is 5.92 Å². The largest absolute Gasteiger partial charge is 0.480 e. The molecule has 2 N–H and O–H groups in total. The summed E-state index contributed by atoms with van der Waals surface area (Å²) in [5.41, 5.74) is 0.492. The van der Waals surface area contributed by atoms with Gasteiger partial charge in [-0.25, -0.2) is 4.79 Å². The van der Waals surface area contributed by atoms with Crippen molar-refractivity contribution in [1.82, 2.24) is 10.2 Å². The van der Waals surface area contributed by atoms with Gasteiger partial charge in [-0.05, 0) is 12.6 Å². The van der Waals surface area contributed by atoms with Gasteiger partial charge in [0.15, 0.2) is 0 Å². The van der Waals surface area contributed by atoms with E-state index < -0.39 is 23.8 Å². The second kappa shape index (κ2) is 6.83. The molecule has 1 aliphatic rings. The Labute approximate surface area is 117 Å². The molecule has 1 rings (SSSR count). The smallest absolute Gasteiger partial charge is 0.327 e. The van der Waals surface area contributed by atoms with E-state index >= 15 is 0 Å². The second-order valence-electron chi connectivity index (χ2n) is 4.82. The van der Waals surface area contributed by atoms with Crippen LogP contribution in [0.4, 0.5) is 0 Å². The van der Waals surface area contributed by atoms with Gasteiger partial charge in [0.25, 0.3) is 0 Å². The molecule has 1 saturated heterocycles. The molecule has 1 atom stereocenters. The minimum atomic E-state index is -1.22. The lowest BCUT2D eigenvalue weighted by molar-refractivity contribution is -0.161. The van der Waals surface area contributed by atoms with Gasteiger partial charge in [-0.3, -0.25) is 19.5 Å². The Morgan fingerprint density at radius 3 is 2.50 bits per heavy atom. The number of nitrogens with one attached hydrogen (secondary N) is 1. The van der Waals surface area contributed by atoms with Crippen molar-refractivity contribution in [3.05, 3.63) is 11.9 Å². The van der Waals surface area contributed by atoms with Gasteiger partial charge in [0.1, 0.15) is 6.04 Å². The van der Waals surface area contributed by atoms with Crippen molar-refractivity contribution in [3.8, 4) is 0 Å². The lowest BCUT2D eigenvalue weighted by atomic mass is 9.95. The van der Waals surface area contributed by atoms with Crippen LogP contribution < -0.4 is 5.32 Å². The predicted octanol–water partition coefficient (Wildman–Crippen LogP) is 0.376. The van der Waals surface area contributed by atoms with E-state index in [2.05, 4.69) is 17.0 Å². The highest BCUT2D eigenvalue weighted by molar-refractivity contribution is 6.01. The Morgan fingerprint density at radius 2 is 2.10 bits per heavy atom. The molecule has 7 nitrogen and oxygen atoms in total. The van der Waals surface area contributed by atoms with E-state index in [1.165, 1.54) is 6.20 Å². The van der Waals surface area contributed by atoms with Crippen LogP contribution in [0.1, 0.15) is 26.2 Å². The summed E-state index contributed by atoms with van der Waals surface area (Å²) in [5.74, 6) is -2.15. The summed E-state index contributed by atoms with van der Waals surface area (Å²) in [7, 11) is 1.61. The first kappa shape index (κ1) is 15.9. The van der Waals surface area contributed by atoms with Gasteiger partial charge >= 0.3 is 5.97 Å². The van der Waals surface area contributed by atoms with E-state index in [1.807, 2.05) is 0 Å². The Morgan fingerprint density at radius 1 is 1.55 bits per heavy atom. The van der Waals surface area contributed by atoms with Gasteiger partial charge in [-0.2, -0.15) is 0 Å². The van der Waals surface area contributed by atoms with E-state index in [1.54, 1.807) is 14.0 Å². The van der Waals surface area contributed by atoms with Crippen LogP contribution in [-0.2, 0) is 14.4 Å². The highest BCUT2D eigenvalue weighted by atomic mass is 16.4.